The second-order valence-corrected chi connectivity index (χ2v) is 7.05. The van der Waals surface area contributed by atoms with Crippen LogP contribution in [0, 0.1) is 12.8 Å². The molecule has 4 rings (SSSR count). The summed E-state index contributed by atoms with van der Waals surface area (Å²) in [7, 11) is 0. The first-order valence-corrected chi connectivity index (χ1v) is 8.71. The van der Waals surface area contributed by atoms with Crippen molar-refractivity contribution in [3.63, 3.8) is 0 Å². The first-order chi connectivity index (χ1) is 11.6. The lowest BCUT2D eigenvalue weighted by Crippen LogP contribution is -2.34. The minimum absolute atomic E-state index is 0.689. The van der Waals surface area contributed by atoms with E-state index >= 15 is 0 Å². The number of anilines is 1. The van der Waals surface area contributed by atoms with Crippen molar-refractivity contribution in [3.8, 4) is 5.69 Å². The van der Waals surface area contributed by atoms with Crippen LogP contribution in [-0.2, 0) is 0 Å². The second-order valence-electron chi connectivity index (χ2n) is 6.62. The molecule has 124 valence electrons. The zero-order chi connectivity index (χ0) is 16.7. The Morgan fingerprint density at radius 3 is 2.96 bits per heavy atom. The highest BCUT2D eigenvalue weighted by Crippen LogP contribution is 2.29. The lowest BCUT2D eigenvalue weighted by atomic mass is 10.0. The Morgan fingerprint density at radius 2 is 2.12 bits per heavy atom. The van der Waals surface area contributed by atoms with Crippen LogP contribution in [0.5, 0.6) is 0 Å². The maximum Gasteiger partial charge on any atom is 0.168 e. The molecule has 0 amide bonds. The van der Waals surface area contributed by atoms with E-state index in [0.717, 1.165) is 41.2 Å². The molecule has 5 nitrogen and oxygen atoms in total. The zero-order valence-electron chi connectivity index (χ0n) is 13.9. The van der Waals surface area contributed by atoms with E-state index in [1.54, 1.807) is 6.33 Å². The molecule has 0 N–H and O–H groups in total. The third-order valence-electron chi connectivity index (χ3n) is 4.70. The smallest absolute Gasteiger partial charge is 0.168 e. The van der Waals surface area contributed by atoms with E-state index in [1.807, 2.05) is 36.0 Å². The van der Waals surface area contributed by atoms with Crippen LogP contribution in [0.1, 0.15) is 25.3 Å². The van der Waals surface area contributed by atoms with E-state index < -0.39 is 0 Å². The van der Waals surface area contributed by atoms with Gasteiger partial charge in [-0.1, -0.05) is 24.6 Å². The molecule has 0 aliphatic carbocycles. The Bertz CT molecular complexity index is 888. The molecule has 0 unspecified atom stereocenters. The maximum absolute atomic E-state index is 6.17. The largest absolute Gasteiger partial charge is 0.356 e. The van der Waals surface area contributed by atoms with E-state index in [0.29, 0.717) is 10.9 Å². The van der Waals surface area contributed by atoms with Crippen LogP contribution in [0.3, 0.4) is 0 Å². The van der Waals surface area contributed by atoms with E-state index in [9.17, 15) is 0 Å². The normalized spacial score (nSPS) is 18.3. The average molecular weight is 342 g/mol. The molecule has 1 saturated heterocycles. The lowest BCUT2D eigenvalue weighted by molar-refractivity contribution is 0.445. The monoisotopic (exact) mass is 341 g/mol. The molecule has 0 bridgehead atoms. The quantitative estimate of drug-likeness (QED) is 0.706. The summed E-state index contributed by atoms with van der Waals surface area (Å²) in [6, 6.07) is 5.81. The summed E-state index contributed by atoms with van der Waals surface area (Å²) < 4.78 is 1.86. The van der Waals surface area contributed by atoms with Crippen LogP contribution in [0.4, 0.5) is 5.82 Å². The van der Waals surface area contributed by atoms with Crippen molar-refractivity contribution in [2.75, 3.05) is 18.0 Å². The second kappa shape index (κ2) is 6.06. The fourth-order valence-corrected chi connectivity index (χ4v) is 3.62. The van der Waals surface area contributed by atoms with Crippen molar-refractivity contribution in [2.24, 2.45) is 5.92 Å². The van der Waals surface area contributed by atoms with Gasteiger partial charge in [-0.15, -0.1) is 0 Å². The summed E-state index contributed by atoms with van der Waals surface area (Å²) in [5, 5.41) is 6.26. The maximum atomic E-state index is 6.17. The van der Waals surface area contributed by atoms with Gasteiger partial charge in [0.15, 0.2) is 5.65 Å². The van der Waals surface area contributed by atoms with E-state index in [1.165, 1.54) is 12.8 Å². The molecule has 0 saturated carbocycles. The molecule has 0 radical (unpaired) electrons. The molecule has 0 spiro atoms. The molecule has 1 atom stereocenters. The van der Waals surface area contributed by atoms with Gasteiger partial charge >= 0.3 is 0 Å². The molecule has 1 aliphatic heterocycles. The molecule has 6 heteroatoms. The minimum Gasteiger partial charge on any atom is -0.356 e. The Labute approximate surface area is 146 Å². The van der Waals surface area contributed by atoms with Crippen molar-refractivity contribution in [2.45, 2.75) is 26.7 Å². The summed E-state index contributed by atoms with van der Waals surface area (Å²) in [6.45, 7) is 6.42. The van der Waals surface area contributed by atoms with Crippen LogP contribution in [0.2, 0.25) is 5.02 Å². The predicted molar refractivity (Wildman–Crippen MR) is 97.0 cm³/mol. The molecule has 1 fully saturated rings. The number of piperidine rings is 1. The number of fused-ring (bicyclic) bond motifs is 1. The summed E-state index contributed by atoms with van der Waals surface area (Å²) in [4.78, 5) is 11.4. The van der Waals surface area contributed by atoms with Gasteiger partial charge in [-0.2, -0.15) is 5.10 Å². The van der Waals surface area contributed by atoms with Crippen LogP contribution in [0.25, 0.3) is 16.7 Å². The number of hydrogen-bond donors (Lipinski definition) is 0. The fourth-order valence-electron chi connectivity index (χ4n) is 3.45. The van der Waals surface area contributed by atoms with Crippen LogP contribution in [0.15, 0.2) is 30.7 Å². The van der Waals surface area contributed by atoms with Gasteiger partial charge < -0.3 is 4.90 Å². The topological polar surface area (TPSA) is 46.8 Å². The van der Waals surface area contributed by atoms with Gasteiger partial charge in [0.25, 0.3) is 0 Å². The Kier molecular flexibility index (Phi) is 3.88. The third kappa shape index (κ3) is 2.63. The lowest BCUT2D eigenvalue weighted by Gasteiger charge is -2.31. The molecule has 1 aromatic carbocycles. The number of aryl methyl sites for hydroxylation is 1. The minimum atomic E-state index is 0.689. The fraction of sp³-hybridized carbons (Fsp3) is 0.389. The van der Waals surface area contributed by atoms with E-state index in [2.05, 4.69) is 26.9 Å². The number of nitrogens with zero attached hydrogens (tertiary/aromatic N) is 5. The first-order valence-electron chi connectivity index (χ1n) is 8.33. The van der Waals surface area contributed by atoms with Crippen molar-refractivity contribution in [1.29, 1.82) is 0 Å². The highest BCUT2D eigenvalue weighted by atomic mass is 35.5. The standard InChI is InChI=1S/C18H20ClN5/c1-12-4-3-7-23(10-12)17-15-9-22-24(18(15)21-11-20-17)16-8-14(19)6-5-13(16)2/h5-6,8-9,11-12H,3-4,7,10H2,1-2H3/t12-/m1/s1. The Hall–Kier alpha value is -2.14. The number of rotatable bonds is 2. The highest BCUT2D eigenvalue weighted by molar-refractivity contribution is 6.30. The number of hydrogen-bond acceptors (Lipinski definition) is 4. The van der Waals surface area contributed by atoms with Gasteiger partial charge in [-0.3, -0.25) is 0 Å². The highest BCUT2D eigenvalue weighted by Gasteiger charge is 2.21. The molecule has 24 heavy (non-hydrogen) atoms. The summed E-state index contributed by atoms with van der Waals surface area (Å²) in [5.41, 5.74) is 2.88. The number of benzene rings is 1. The molecule has 3 heterocycles. The zero-order valence-corrected chi connectivity index (χ0v) is 14.7. The molecule has 1 aliphatic rings. The van der Waals surface area contributed by atoms with Gasteiger partial charge in [0.05, 0.1) is 17.3 Å². The molecule has 2 aromatic heterocycles. The first kappa shape index (κ1) is 15.4. The average Bonchev–Trinajstić information content (AvgIpc) is 3.01. The molecular weight excluding hydrogens is 322 g/mol. The summed E-state index contributed by atoms with van der Waals surface area (Å²) in [5.74, 6) is 1.67. The van der Waals surface area contributed by atoms with Crippen molar-refractivity contribution in [1.82, 2.24) is 19.7 Å². The van der Waals surface area contributed by atoms with Gasteiger partial charge in [0, 0.05) is 18.1 Å². The van der Waals surface area contributed by atoms with E-state index in [-0.39, 0.29) is 0 Å². The van der Waals surface area contributed by atoms with Crippen molar-refractivity contribution in [3.05, 3.63) is 41.3 Å². The number of halogens is 1. The SMILES string of the molecule is Cc1ccc(Cl)cc1-n1ncc2c(N3CCC[C@@H](C)C3)ncnc21. The molecule has 3 aromatic rings. The van der Waals surface area contributed by atoms with Gasteiger partial charge in [-0.25, -0.2) is 14.6 Å². The third-order valence-corrected chi connectivity index (χ3v) is 4.94. The number of aromatic nitrogens is 4. The van der Waals surface area contributed by atoms with Crippen LogP contribution < -0.4 is 4.90 Å². The van der Waals surface area contributed by atoms with Crippen molar-refractivity contribution >= 4 is 28.5 Å². The Balaban J connectivity index is 1.83. The predicted octanol–water partition coefficient (Wildman–Crippen LogP) is 4.01. The summed E-state index contributed by atoms with van der Waals surface area (Å²) >= 11 is 6.17. The summed E-state index contributed by atoms with van der Waals surface area (Å²) in [6.07, 6.45) is 5.99. The van der Waals surface area contributed by atoms with Gasteiger partial charge in [-0.05, 0) is 43.4 Å². The van der Waals surface area contributed by atoms with Crippen molar-refractivity contribution < 1.29 is 0 Å². The van der Waals surface area contributed by atoms with Crippen LogP contribution in [-0.4, -0.2) is 32.8 Å². The van der Waals surface area contributed by atoms with Gasteiger partial charge in [0.2, 0.25) is 0 Å². The van der Waals surface area contributed by atoms with E-state index in [4.69, 9.17) is 11.6 Å². The van der Waals surface area contributed by atoms with Crippen LogP contribution >= 0.6 is 11.6 Å². The van der Waals surface area contributed by atoms with Gasteiger partial charge in [0.1, 0.15) is 12.1 Å². The Morgan fingerprint density at radius 1 is 1.25 bits per heavy atom. The molecular formula is C18H20ClN5.